The zero-order chi connectivity index (χ0) is 20.1. The lowest BCUT2D eigenvalue weighted by Gasteiger charge is -2.21. The van der Waals surface area contributed by atoms with Crippen LogP contribution in [0.2, 0.25) is 5.02 Å². The van der Waals surface area contributed by atoms with Crippen molar-refractivity contribution in [3.8, 4) is 0 Å². The summed E-state index contributed by atoms with van der Waals surface area (Å²) in [6.07, 6.45) is 2.10. The molecule has 1 fully saturated rings. The molecule has 1 aliphatic heterocycles. The van der Waals surface area contributed by atoms with Crippen molar-refractivity contribution in [3.05, 3.63) is 76.6 Å². The van der Waals surface area contributed by atoms with Gasteiger partial charge in [0, 0.05) is 49.2 Å². The number of amides is 1. The van der Waals surface area contributed by atoms with Crippen molar-refractivity contribution >= 4 is 34.2 Å². The number of hydrogen-bond acceptors (Lipinski definition) is 5. The molecule has 0 N–H and O–H groups in total. The smallest absolute Gasteiger partial charge is 0.227 e. The average molecular weight is 427 g/mol. The number of carbonyl (C=O) groups is 1. The maximum absolute atomic E-state index is 12.7. The second-order valence-corrected chi connectivity index (χ2v) is 8.35. The minimum atomic E-state index is 0.193. The Labute approximate surface area is 180 Å². The van der Waals surface area contributed by atoms with Gasteiger partial charge in [-0.2, -0.15) is 4.37 Å². The summed E-state index contributed by atoms with van der Waals surface area (Å²) in [6.45, 7) is 3.19. The Bertz CT molecular complexity index is 945. The van der Waals surface area contributed by atoms with Crippen LogP contribution in [-0.2, 0) is 17.6 Å². The molecule has 0 bridgehead atoms. The van der Waals surface area contributed by atoms with Gasteiger partial charge in [0.25, 0.3) is 0 Å². The van der Waals surface area contributed by atoms with Crippen molar-refractivity contribution in [3.63, 3.8) is 0 Å². The lowest BCUT2D eigenvalue weighted by atomic mass is 10.1. The first-order valence-corrected chi connectivity index (χ1v) is 11.0. The van der Waals surface area contributed by atoms with E-state index in [4.69, 9.17) is 16.6 Å². The Hall–Kier alpha value is -2.44. The number of aromatic nitrogens is 2. The molecule has 29 heavy (non-hydrogen) atoms. The van der Waals surface area contributed by atoms with Gasteiger partial charge in [0.2, 0.25) is 11.0 Å². The summed E-state index contributed by atoms with van der Waals surface area (Å²) in [6, 6.07) is 17.7. The normalized spacial score (nSPS) is 14.7. The maximum atomic E-state index is 12.7. The molecule has 1 saturated heterocycles. The van der Waals surface area contributed by atoms with E-state index in [9.17, 15) is 4.79 Å². The number of nitrogens with zero attached hydrogens (tertiary/aromatic N) is 4. The van der Waals surface area contributed by atoms with Crippen molar-refractivity contribution in [2.75, 3.05) is 31.1 Å². The summed E-state index contributed by atoms with van der Waals surface area (Å²) in [5.41, 5.74) is 2.21. The highest BCUT2D eigenvalue weighted by Crippen LogP contribution is 2.21. The molecule has 0 atom stereocenters. The van der Waals surface area contributed by atoms with E-state index in [1.54, 1.807) is 0 Å². The quantitative estimate of drug-likeness (QED) is 0.617. The van der Waals surface area contributed by atoms with E-state index in [-0.39, 0.29) is 5.91 Å². The molecule has 1 aliphatic rings. The van der Waals surface area contributed by atoms with Crippen LogP contribution in [0, 0.1) is 0 Å². The Morgan fingerprint density at radius 1 is 0.966 bits per heavy atom. The maximum Gasteiger partial charge on any atom is 0.227 e. The highest BCUT2D eigenvalue weighted by atomic mass is 35.5. The van der Waals surface area contributed by atoms with Gasteiger partial charge in [-0.25, -0.2) is 4.98 Å². The number of benzene rings is 2. The molecule has 7 heteroatoms. The predicted molar refractivity (Wildman–Crippen MR) is 118 cm³/mol. The van der Waals surface area contributed by atoms with Crippen LogP contribution in [0.3, 0.4) is 0 Å². The molecule has 0 aliphatic carbocycles. The van der Waals surface area contributed by atoms with Gasteiger partial charge in [0.15, 0.2) is 0 Å². The van der Waals surface area contributed by atoms with Crippen molar-refractivity contribution in [1.82, 2.24) is 14.3 Å². The van der Waals surface area contributed by atoms with Crippen molar-refractivity contribution in [2.24, 2.45) is 0 Å². The molecule has 150 valence electrons. The zero-order valence-corrected chi connectivity index (χ0v) is 17.7. The summed E-state index contributed by atoms with van der Waals surface area (Å²) in [4.78, 5) is 21.6. The van der Waals surface area contributed by atoms with Gasteiger partial charge in [-0.05, 0) is 29.7 Å². The van der Waals surface area contributed by atoms with Crippen molar-refractivity contribution in [1.29, 1.82) is 0 Å². The molecule has 0 saturated carbocycles. The fraction of sp³-hybridized carbons (Fsp3) is 0.318. The molecule has 1 amide bonds. The minimum absolute atomic E-state index is 0.193. The van der Waals surface area contributed by atoms with E-state index in [1.165, 1.54) is 11.5 Å². The van der Waals surface area contributed by atoms with Gasteiger partial charge >= 0.3 is 0 Å². The van der Waals surface area contributed by atoms with E-state index < -0.39 is 0 Å². The van der Waals surface area contributed by atoms with Crippen LogP contribution in [0.5, 0.6) is 0 Å². The van der Waals surface area contributed by atoms with Crippen LogP contribution in [0.25, 0.3) is 0 Å². The average Bonchev–Trinajstić information content (AvgIpc) is 3.05. The second kappa shape index (κ2) is 9.37. The fourth-order valence-corrected chi connectivity index (χ4v) is 4.33. The predicted octanol–water partition coefficient (Wildman–Crippen LogP) is 4.06. The Morgan fingerprint density at radius 2 is 1.76 bits per heavy atom. The molecule has 2 aromatic carbocycles. The molecule has 2 heterocycles. The zero-order valence-electron chi connectivity index (χ0n) is 16.1. The van der Waals surface area contributed by atoms with E-state index in [2.05, 4.69) is 9.27 Å². The van der Waals surface area contributed by atoms with E-state index in [0.717, 1.165) is 59.7 Å². The third-order valence-electron chi connectivity index (χ3n) is 5.05. The SMILES string of the molecule is O=C(Cc1ccccc1)N1CCCN(c2nc(Cc3ccc(Cl)cc3)ns2)CC1. The highest BCUT2D eigenvalue weighted by molar-refractivity contribution is 7.09. The summed E-state index contributed by atoms with van der Waals surface area (Å²) in [7, 11) is 0. The van der Waals surface area contributed by atoms with Gasteiger partial charge in [-0.3, -0.25) is 4.79 Å². The number of rotatable bonds is 5. The number of carbonyl (C=O) groups excluding carboxylic acids is 1. The largest absolute Gasteiger partial charge is 0.345 e. The summed E-state index contributed by atoms with van der Waals surface area (Å²) in [5.74, 6) is 1.02. The third-order valence-corrected chi connectivity index (χ3v) is 6.12. The topological polar surface area (TPSA) is 49.3 Å². The molecule has 5 nitrogen and oxygen atoms in total. The third kappa shape index (κ3) is 5.34. The monoisotopic (exact) mass is 426 g/mol. The van der Waals surface area contributed by atoms with Crippen molar-refractivity contribution in [2.45, 2.75) is 19.3 Å². The molecular formula is C22H23ClN4OS. The van der Waals surface area contributed by atoms with Gasteiger partial charge in [0.1, 0.15) is 5.82 Å². The Balaban J connectivity index is 1.34. The van der Waals surface area contributed by atoms with Crippen LogP contribution >= 0.6 is 23.1 Å². The standard InChI is InChI=1S/C22H23ClN4OS/c23-19-9-7-18(8-10-19)15-20-24-22(29-25-20)27-12-4-11-26(13-14-27)21(28)16-17-5-2-1-3-6-17/h1-3,5-10H,4,11-16H2. The van der Waals surface area contributed by atoms with E-state index >= 15 is 0 Å². The molecule has 4 rings (SSSR count). The number of anilines is 1. The van der Waals surface area contributed by atoms with Crippen LogP contribution < -0.4 is 4.90 Å². The van der Waals surface area contributed by atoms with Crippen LogP contribution in [0.4, 0.5) is 5.13 Å². The first kappa shape index (κ1) is 19.9. The minimum Gasteiger partial charge on any atom is -0.345 e. The van der Waals surface area contributed by atoms with Crippen LogP contribution in [-0.4, -0.2) is 46.3 Å². The van der Waals surface area contributed by atoms with E-state index in [1.807, 2.05) is 59.5 Å². The molecule has 3 aromatic rings. The van der Waals surface area contributed by atoms with E-state index in [0.29, 0.717) is 12.8 Å². The molecule has 1 aromatic heterocycles. The summed E-state index contributed by atoms with van der Waals surface area (Å²) >= 11 is 7.39. The molecule has 0 unspecified atom stereocenters. The lowest BCUT2D eigenvalue weighted by Crippen LogP contribution is -2.36. The summed E-state index contributed by atoms with van der Waals surface area (Å²) < 4.78 is 4.53. The van der Waals surface area contributed by atoms with Gasteiger partial charge in [-0.15, -0.1) is 0 Å². The fourth-order valence-electron chi connectivity index (χ4n) is 3.47. The van der Waals surface area contributed by atoms with Crippen LogP contribution in [0.1, 0.15) is 23.4 Å². The lowest BCUT2D eigenvalue weighted by molar-refractivity contribution is -0.130. The first-order chi connectivity index (χ1) is 14.2. The number of hydrogen-bond donors (Lipinski definition) is 0. The second-order valence-electron chi connectivity index (χ2n) is 7.18. The number of halogens is 1. The Kier molecular flexibility index (Phi) is 6.42. The van der Waals surface area contributed by atoms with Gasteiger partial charge < -0.3 is 9.80 Å². The van der Waals surface area contributed by atoms with Gasteiger partial charge in [0.05, 0.1) is 6.42 Å². The van der Waals surface area contributed by atoms with Crippen LogP contribution in [0.15, 0.2) is 54.6 Å². The first-order valence-electron chi connectivity index (χ1n) is 9.81. The summed E-state index contributed by atoms with van der Waals surface area (Å²) in [5, 5.41) is 1.67. The molecule has 0 radical (unpaired) electrons. The van der Waals surface area contributed by atoms with Crippen molar-refractivity contribution < 1.29 is 4.79 Å². The molecule has 0 spiro atoms. The van der Waals surface area contributed by atoms with Gasteiger partial charge in [-0.1, -0.05) is 54.1 Å². The Morgan fingerprint density at radius 3 is 2.55 bits per heavy atom. The highest BCUT2D eigenvalue weighted by Gasteiger charge is 2.21. The molecular weight excluding hydrogens is 404 g/mol.